The maximum absolute atomic E-state index is 12.3. The van der Waals surface area contributed by atoms with Gasteiger partial charge in [-0.05, 0) is 61.2 Å². The predicted octanol–water partition coefficient (Wildman–Crippen LogP) is 3.88. The van der Waals surface area contributed by atoms with Crippen molar-refractivity contribution in [1.29, 1.82) is 5.26 Å². The number of thiophene rings is 1. The van der Waals surface area contributed by atoms with Gasteiger partial charge in [0.25, 0.3) is 5.91 Å². The molecule has 0 saturated heterocycles. The van der Waals surface area contributed by atoms with Crippen molar-refractivity contribution in [1.82, 2.24) is 5.32 Å². The fraction of sp³-hybridized carbons (Fsp3) is 0.316. The number of nitrogens with zero attached hydrogens (tertiary/aromatic N) is 1. The van der Waals surface area contributed by atoms with Crippen molar-refractivity contribution in [3.05, 3.63) is 45.8 Å². The van der Waals surface area contributed by atoms with Crippen LogP contribution in [-0.2, 0) is 12.8 Å². The fourth-order valence-corrected chi connectivity index (χ4v) is 4.66. The molecule has 1 aromatic heterocycles. The average molecular weight is 386 g/mol. The average Bonchev–Trinajstić information content (AvgIpc) is 2.97. The second-order valence-electron chi connectivity index (χ2n) is 6.31. The quantitative estimate of drug-likeness (QED) is 0.785. The first-order valence-electron chi connectivity index (χ1n) is 8.32. The number of carbonyl (C=O) groups excluding carboxylic acids is 1. The Bertz CT molecular complexity index is 899. The largest absolute Gasteiger partial charge is 0.497 e. The molecule has 134 valence electrons. The first kappa shape index (κ1) is 18.4. The van der Waals surface area contributed by atoms with Gasteiger partial charge in [-0.3, -0.25) is 10.1 Å². The second kappa shape index (κ2) is 7.85. The van der Waals surface area contributed by atoms with Crippen molar-refractivity contribution < 1.29 is 9.53 Å². The summed E-state index contributed by atoms with van der Waals surface area (Å²) in [5, 5.41) is 16.1. The predicted molar refractivity (Wildman–Crippen MR) is 107 cm³/mol. The summed E-state index contributed by atoms with van der Waals surface area (Å²) in [5.74, 6) is 0.901. The Morgan fingerprint density at radius 3 is 3.00 bits per heavy atom. The van der Waals surface area contributed by atoms with Crippen LogP contribution in [0, 0.1) is 17.2 Å². The zero-order valence-electron chi connectivity index (χ0n) is 14.6. The molecule has 2 N–H and O–H groups in total. The Hall–Kier alpha value is -2.43. The van der Waals surface area contributed by atoms with Gasteiger partial charge in [0.2, 0.25) is 0 Å². The summed E-state index contributed by atoms with van der Waals surface area (Å²) >= 11 is 6.82. The molecule has 7 heteroatoms. The van der Waals surface area contributed by atoms with Crippen molar-refractivity contribution in [2.75, 3.05) is 12.4 Å². The van der Waals surface area contributed by atoms with Gasteiger partial charge in [-0.1, -0.05) is 13.0 Å². The number of thiocarbonyl (C=S) groups is 1. The monoisotopic (exact) mass is 385 g/mol. The summed E-state index contributed by atoms with van der Waals surface area (Å²) in [6, 6.07) is 9.12. The first-order chi connectivity index (χ1) is 12.5. The minimum Gasteiger partial charge on any atom is -0.497 e. The molecule has 1 heterocycles. The van der Waals surface area contributed by atoms with E-state index >= 15 is 0 Å². The molecule has 0 bridgehead atoms. The summed E-state index contributed by atoms with van der Waals surface area (Å²) in [7, 11) is 1.55. The van der Waals surface area contributed by atoms with Gasteiger partial charge in [-0.25, -0.2) is 0 Å². The number of rotatable bonds is 3. The van der Waals surface area contributed by atoms with E-state index in [0.717, 1.165) is 24.8 Å². The minimum absolute atomic E-state index is 0.181. The van der Waals surface area contributed by atoms with E-state index in [-0.39, 0.29) is 11.0 Å². The lowest BCUT2D eigenvalue weighted by atomic mass is 9.89. The summed E-state index contributed by atoms with van der Waals surface area (Å²) in [4.78, 5) is 13.6. The maximum atomic E-state index is 12.3. The number of ether oxygens (including phenoxy) is 1. The van der Waals surface area contributed by atoms with Crippen molar-refractivity contribution >= 4 is 39.6 Å². The fourth-order valence-electron chi connectivity index (χ4n) is 3.03. The van der Waals surface area contributed by atoms with Gasteiger partial charge in [-0.2, -0.15) is 5.26 Å². The van der Waals surface area contributed by atoms with Crippen LogP contribution < -0.4 is 15.4 Å². The molecule has 1 aliphatic carbocycles. The molecular formula is C19H19N3O2S2. The maximum Gasteiger partial charge on any atom is 0.257 e. The molecule has 1 aliphatic rings. The van der Waals surface area contributed by atoms with E-state index in [1.807, 2.05) is 0 Å². The zero-order valence-corrected chi connectivity index (χ0v) is 16.2. The van der Waals surface area contributed by atoms with Gasteiger partial charge in [0.1, 0.15) is 16.8 Å². The van der Waals surface area contributed by atoms with Crippen LogP contribution in [0.25, 0.3) is 0 Å². The Labute approximate surface area is 162 Å². The van der Waals surface area contributed by atoms with Crippen molar-refractivity contribution in [2.45, 2.75) is 26.2 Å². The minimum atomic E-state index is -0.324. The van der Waals surface area contributed by atoms with Gasteiger partial charge >= 0.3 is 0 Å². The van der Waals surface area contributed by atoms with E-state index in [1.54, 1.807) is 42.7 Å². The van der Waals surface area contributed by atoms with Crippen LogP contribution in [0.2, 0.25) is 0 Å². The Kier molecular flexibility index (Phi) is 5.55. The Balaban J connectivity index is 1.72. The molecule has 0 saturated carbocycles. The highest BCUT2D eigenvalue weighted by Gasteiger charge is 2.24. The number of hydrogen-bond donors (Lipinski definition) is 2. The molecule has 2 aromatic rings. The molecule has 0 spiro atoms. The van der Waals surface area contributed by atoms with Crippen LogP contribution in [0.5, 0.6) is 5.75 Å². The highest BCUT2D eigenvalue weighted by Crippen LogP contribution is 2.39. The van der Waals surface area contributed by atoms with Gasteiger partial charge in [-0.15, -0.1) is 11.3 Å². The SMILES string of the molecule is COc1cccc(C(=O)NC(=S)Nc2sc3c(c2C#N)CC[C@H](C)C3)c1. The summed E-state index contributed by atoms with van der Waals surface area (Å²) in [6.07, 6.45) is 2.99. The third-order valence-electron chi connectivity index (χ3n) is 4.41. The van der Waals surface area contributed by atoms with E-state index in [0.29, 0.717) is 27.8 Å². The van der Waals surface area contributed by atoms with E-state index in [1.165, 1.54) is 4.88 Å². The number of nitrogens with one attached hydrogen (secondary N) is 2. The van der Waals surface area contributed by atoms with Gasteiger partial charge in [0.15, 0.2) is 5.11 Å². The highest BCUT2D eigenvalue weighted by atomic mass is 32.1. The van der Waals surface area contributed by atoms with Gasteiger partial charge < -0.3 is 10.1 Å². The number of amides is 1. The van der Waals surface area contributed by atoms with Crippen molar-refractivity contribution in [2.24, 2.45) is 5.92 Å². The topological polar surface area (TPSA) is 74.2 Å². The number of fused-ring (bicyclic) bond motifs is 1. The van der Waals surface area contributed by atoms with Crippen LogP contribution in [0.4, 0.5) is 5.00 Å². The molecular weight excluding hydrogens is 366 g/mol. The van der Waals surface area contributed by atoms with E-state index in [4.69, 9.17) is 17.0 Å². The summed E-state index contributed by atoms with van der Waals surface area (Å²) in [6.45, 7) is 2.22. The van der Waals surface area contributed by atoms with Gasteiger partial charge in [0.05, 0.1) is 12.7 Å². The lowest BCUT2D eigenvalue weighted by Crippen LogP contribution is -2.34. The summed E-state index contributed by atoms with van der Waals surface area (Å²) < 4.78 is 5.13. The highest BCUT2D eigenvalue weighted by molar-refractivity contribution is 7.80. The Morgan fingerprint density at radius 1 is 1.46 bits per heavy atom. The normalized spacial score (nSPS) is 15.5. The lowest BCUT2D eigenvalue weighted by molar-refractivity contribution is 0.0977. The first-order valence-corrected chi connectivity index (χ1v) is 9.55. The number of benzene rings is 1. The van der Waals surface area contributed by atoms with Crippen molar-refractivity contribution in [3.8, 4) is 11.8 Å². The van der Waals surface area contributed by atoms with E-state index in [2.05, 4.69) is 23.6 Å². The van der Waals surface area contributed by atoms with Crippen molar-refractivity contribution in [3.63, 3.8) is 0 Å². The standard InChI is InChI=1S/C19H19N3O2S2/c1-11-6-7-14-15(10-20)18(26-16(14)8-11)22-19(25)21-17(23)12-4-3-5-13(9-12)24-2/h3-5,9,11H,6-8H2,1-2H3,(H2,21,22,23,25)/t11-/m0/s1. The molecule has 26 heavy (non-hydrogen) atoms. The lowest BCUT2D eigenvalue weighted by Gasteiger charge is -2.17. The zero-order chi connectivity index (χ0) is 18.7. The number of hydrogen-bond acceptors (Lipinski definition) is 5. The summed E-state index contributed by atoms with van der Waals surface area (Å²) in [5.41, 5.74) is 2.23. The molecule has 1 atom stereocenters. The second-order valence-corrected chi connectivity index (χ2v) is 7.82. The third-order valence-corrected chi connectivity index (χ3v) is 5.78. The van der Waals surface area contributed by atoms with Crippen LogP contribution >= 0.6 is 23.6 Å². The van der Waals surface area contributed by atoms with E-state index in [9.17, 15) is 10.1 Å². The number of nitriles is 1. The Morgan fingerprint density at radius 2 is 2.27 bits per heavy atom. The molecule has 3 rings (SSSR count). The molecule has 5 nitrogen and oxygen atoms in total. The van der Waals surface area contributed by atoms with Gasteiger partial charge in [0, 0.05) is 10.4 Å². The number of methoxy groups -OCH3 is 1. The molecule has 0 aliphatic heterocycles. The third kappa shape index (κ3) is 3.87. The molecule has 0 fully saturated rings. The molecule has 1 amide bonds. The number of anilines is 1. The molecule has 1 aromatic carbocycles. The van der Waals surface area contributed by atoms with Crippen LogP contribution in [0.3, 0.4) is 0 Å². The molecule has 0 radical (unpaired) electrons. The molecule has 0 unspecified atom stereocenters. The van der Waals surface area contributed by atoms with Crippen LogP contribution in [-0.4, -0.2) is 18.1 Å². The van der Waals surface area contributed by atoms with E-state index < -0.39 is 0 Å². The van der Waals surface area contributed by atoms with Crippen LogP contribution in [0.15, 0.2) is 24.3 Å². The van der Waals surface area contributed by atoms with Crippen LogP contribution in [0.1, 0.15) is 39.7 Å². The number of carbonyl (C=O) groups is 1. The smallest absolute Gasteiger partial charge is 0.257 e.